The van der Waals surface area contributed by atoms with E-state index in [0.717, 1.165) is 0 Å². The van der Waals surface area contributed by atoms with Crippen molar-refractivity contribution in [2.24, 2.45) is 0 Å². The van der Waals surface area contributed by atoms with E-state index in [2.05, 4.69) is 5.10 Å². The van der Waals surface area contributed by atoms with E-state index in [4.69, 9.17) is 16.3 Å². The monoisotopic (exact) mass is 335 g/mol. The molecule has 0 atom stereocenters. The second-order valence-corrected chi connectivity index (χ2v) is 5.64. The van der Waals surface area contributed by atoms with Crippen molar-refractivity contribution in [1.82, 2.24) is 14.7 Å². The molecule has 1 aromatic carbocycles. The van der Waals surface area contributed by atoms with Crippen molar-refractivity contribution in [2.75, 3.05) is 20.7 Å². The van der Waals surface area contributed by atoms with Gasteiger partial charge in [-0.1, -0.05) is 23.7 Å². The predicted molar refractivity (Wildman–Crippen MR) is 86.9 cm³/mol. The number of nitrogens with zero attached hydrogens (tertiary/aromatic N) is 3. The third-order valence-corrected chi connectivity index (χ3v) is 3.56. The van der Waals surface area contributed by atoms with Crippen LogP contribution in [0.1, 0.15) is 22.5 Å². The average molecular weight is 336 g/mol. The van der Waals surface area contributed by atoms with E-state index in [9.17, 15) is 9.59 Å². The molecule has 0 saturated heterocycles. The molecule has 0 unspecified atom stereocenters. The summed E-state index contributed by atoms with van der Waals surface area (Å²) in [6.07, 6.45) is 1.85. The van der Waals surface area contributed by atoms with Crippen molar-refractivity contribution >= 4 is 23.5 Å². The van der Waals surface area contributed by atoms with Crippen LogP contribution in [0.4, 0.5) is 0 Å². The van der Waals surface area contributed by atoms with Crippen LogP contribution in [0.25, 0.3) is 5.69 Å². The van der Waals surface area contributed by atoms with Gasteiger partial charge in [-0.25, -0.2) is 9.48 Å². The van der Waals surface area contributed by atoms with E-state index in [1.807, 2.05) is 12.1 Å². The van der Waals surface area contributed by atoms with Crippen LogP contribution in [0.5, 0.6) is 0 Å². The lowest BCUT2D eigenvalue weighted by Crippen LogP contribution is -2.23. The first-order chi connectivity index (χ1) is 10.9. The molecule has 2 aromatic rings. The number of rotatable bonds is 5. The predicted octanol–water partition coefficient (Wildman–Crippen LogP) is 2.47. The number of carbonyl (C=O) groups is 2. The molecule has 0 fully saturated rings. The lowest BCUT2D eigenvalue weighted by atomic mass is 10.3. The van der Waals surface area contributed by atoms with Crippen molar-refractivity contribution in [3.8, 4) is 5.69 Å². The Bertz CT molecular complexity index is 725. The van der Waals surface area contributed by atoms with Crippen LogP contribution in [0, 0.1) is 6.92 Å². The Balaban J connectivity index is 2.08. The number of hydrogen-bond acceptors (Lipinski definition) is 4. The molecule has 0 radical (unpaired) electrons. The molecule has 0 bridgehead atoms. The third kappa shape index (κ3) is 4.10. The van der Waals surface area contributed by atoms with Gasteiger partial charge in [0.05, 0.1) is 17.1 Å². The number of ether oxygens (including phenoxy) is 1. The van der Waals surface area contributed by atoms with Crippen LogP contribution < -0.4 is 0 Å². The van der Waals surface area contributed by atoms with Crippen LogP contribution in [-0.2, 0) is 9.53 Å². The minimum absolute atomic E-state index is 0.0221. The summed E-state index contributed by atoms with van der Waals surface area (Å²) in [7, 11) is 3.30. The van der Waals surface area contributed by atoms with Crippen LogP contribution in [0.2, 0.25) is 5.02 Å². The summed E-state index contributed by atoms with van der Waals surface area (Å²) in [5.41, 5.74) is 1.56. The number of para-hydroxylation sites is 1. The lowest BCUT2D eigenvalue weighted by molar-refractivity contribution is -0.129. The molecule has 0 aliphatic rings. The first kappa shape index (κ1) is 17.0. The summed E-state index contributed by atoms with van der Waals surface area (Å²) < 4.78 is 6.65. The van der Waals surface area contributed by atoms with Crippen molar-refractivity contribution in [3.05, 3.63) is 46.7 Å². The highest BCUT2D eigenvalue weighted by Gasteiger charge is 2.17. The topological polar surface area (TPSA) is 64.4 Å². The molecular weight excluding hydrogens is 318 g/mol. The summed E-state index contributed by atoms with van der Waals surface area (Å²) in [4.78, 5) is 25.0. The van der Waals surface area contributed by atoms with E-state index in [-0.39, 0.29) is 24.6 Å². The third-order valence-electron chi connectivity index (χ3n) is 3.24. The van der Waals surface area contributed by atoms with Crippen molar-refractivity contribution in [1.29, 1.82) is 0 Å². The zero-order chi connectivity index (χ0) is 17.0. The van der Waals surface area contributed by atoms with Gasteiger partial charge in [-0.15, -0.1) is 0 Å². The summed E-state index contributed by atoms with van der Waals surface area (Å²) >= 11 is 6.13. The fraction of sp³-hybridized carbons (Fsp3) is 0.312. The van der Waals surface area contributed by atoms with Gasteiger partial charge in [0.2, 0.25) is 5.91 Å². The highest BCUT2D eigenvalue weighted by molar-refractivity contribution is 6.32. The Hall–Kier alpha value is -2.34. The molecule has 0 aliphatic carbocycles. The van der Waals surface area contributed by atoms with Gasteiger partial charge < -0.3 is 9.64 Å². The minimum Gasteiger partial charge on any atom is -0.460 e. The van der Waals surface area contributed by atoms with E-state index in [0.29, 0.717) is 16.3 Å². The highest BCUT2D eigenvalue weighted by atomic mass is 35.5. The van der Waals surface area contributed by atoms with Crippen LogP contribution >= 0.6 is 11.6 Å². The Kier molecular flexibility index (Phi) is 5.39. The number of amides is 1. The van der Waals surface area contributed by atoms with Gasteiger partial charge in [-0.3, -0.25) is 4.79 Å². The number of carbonyl (C=O) groups excluding carboxylic acids is 2. The first-order valence-corrected chi connectivity index (χ1v) is 7.46. The molecule has 1 aromatic heterocycles. The SMILES string of the molecule is Cc1cn(-c2ccccc2Cl)nc1C(=O)OCCC(=O)N(C)C. The smallest absolute Gasteiger partial charge is 0.359 e. The maximum Gasteiger partial charge on any atom is 0.359 e. The quantitative estimate of drug-likeness (QED) is 0.787. The molecular formula is C16H18ClN3O3. The second kappa shape index (κ2) is 7.28. The summed E-state index contributed by atoms with van der Waals surface area (Å²) in [5.74, 6) is -0.657. The Labute approximate surface area is 139 Å². The van der Waals surface area contributed by atoms with Crippen LogP contribution in [-0.4, -0.2) is 47.3 Å². The van der Waals surface area contributed by atoms with Gasteiger partial charge in [-0.05, 0) is 19.1 Å². The lowest BCUT2D eigenvalue weighted by Gasteiger charge is -2.09. The molecule has 6 nitrogen and oxygen atoms in total. The van der Waals surface area contributed by atoms with Crippen molar-refractivity contribution in [3.63, 3.8) is 0 Å². The average Bonchev–Trinajstić information content (AvgIpc) is 2.89. The number of hydrogen-bond donors (Lipinski definition) is 0. The molecule has 0 saturated carbocycles. The number of halogens is 1. The molecule has 0 N–H and O–H groups in total. The van der Waals surface area contributed by atoms with Gasteiger partial charge in [0.25, 0.3) is 0 Å². The molecule has 1 amide bonds. The number of benzene rings is 1. The zero-order valence-corrected chi connectivity index (χ0v) is 14.0. The van der Waals surface area contributed by atoms with E-state index in [1.54, 1.807) is 44.0 Å². The molecule has 2 rings (SSSR count). The molecule has 7 heteroatoms. The largest absolute Gasteiger partial charge is 0.460 e. The second-order valence-electron chi connectivity index (χ2n) is 5.23. The van der Waals surface area contributed by atoms with Gasteiger partial charge >= 0.3 is 5.97 Å². The maximum atomic E-state index is 12.1. The fourth-order valence-corrected chi connectivity index (χ4v) is 2.17. The first-order valence-electron chi connectivity index (χ1n) is 7.08. The Morgan fingerprint density at radius 3 is 2.65 bits per heavy atom. The number of aryl methyl sites for hydroxylation is 1. The van der Waals surface area contributed by atoms with Gasteiger partial charge in [0, 0.05) is 25.9 Å². The molecule has 1 heterocycles. The number of esters is 1. The molecule has 122 valence electrons. The van der Waals surface area contributed by atoms with E-state index in [1.165, 1.54) is 4.90 Å². The normalized spacial score (nSPS) is 10.4. The summed E-state index contributed by atoms with van der Waals surface area (Å²) in [5, 5.41) is 4.77. The van der Waals surface area contributed by atoms with Gasteiger partial charge in [-0.2, -0.15) is 5.10 Å². The maximum absolute atomic E-state index is 12.1. The molecule has 0 aliphatic heterocycles. The zero-order valence-electron chi connectivity index (χ0n) is 13.2. The fourth-order valence-electron chi connectivity index (χ4n) is 1.95. The van der Waals surface area contributed by atoms with E-state index >= 15 is 0 Å². The van der Waals surface area contributed by atoms with Gasteiger partial charge in [0.1, 0.15) is 6.61 Å². The van der Waals surface area contributed by atoms with Crippen LogP contribution in [0.15, 0.2) is 30.5 Å². The van der Waals surface area contributed by atoms with Crippen molar-refractivity contribution < 1.29 is 14.3 Å². The van der Waals surface area contributed by atoms with Gasteiger partial charge in [0.15, 0.2) is 5.69 Å². The summed E-state index contributed by atoms with van der Waals surface area (Å²) in [6.45, 7) is 1.79. The van der Waals surface area contributed by atoms with Crippen LogP contribution in [0.3, 0.4) is 0 Å². The minimum atomic E-state index is -0.556. The number of aromatic nitrogens is 2. The summed E-state index contributed by atoms with van der Waals surface area (Å²) in [6, 6.07) is 7.21. The molecule has 0 spiro atoms. The Morgan fingerprint density at radius 2 is 2.00 bits per heavy atom. The van der Waals surface area contributed by atoms with Crippen molar-refractivity contribution in [2.45, 2.75) is 13.3 Å². The Morgan fingerprint density at radius 1 is 1.30 bits per heavy atom. The standard InChI is InChI=1S/C16H18ClN3O3/c1-11-10-20(13-7-5-4-6-12(13)17)18-15(11)16(22)23-9-8-14(21)19(2)3/h4-7,10H,8-9H2,1-3H3. The highest BCUT2D eigenvalue weighted by Crippen LogP contribution is 2.20. The van der Waals surface area contributed by atoms with E-state index < -0.39 is 5.97 Å². The molecule has 23 heavy (non-hydrogen) atoms.